The Hall–Kier alpha value is -6.42. The molecule has 7 aliphatic rings. The maximum atomic E-state index is 13.6. The van der Waals surface area contributed by atoms with Crippen LogP contribution in [0.2, 0.25) is 0 Å². The van der Waals surface area contributed by atoms with Crippen molar-refractivity contribution in [1.29, 1.82) is 0 Å². The summed E-state index contributed by atoms with van der Waals surface area (Å²) < 4.78 is 30.3. The Morgan fingerprint density at radius 1 is 0.778 bits per heavy atom. The van der Waals surface area contributed by atoms with Crippen LogP contribution in [0.25, 0.3) is 55.9 Å². The van der Waals surface area contributed by atoms with Gasteiger partial charge in [-0.15, -0.1) is 0 Å². The highest BCUT2D eigenvalue weighted by Crippen LogP contribution is 2.40. The second-order valence-electron chi connectivity index (χ2n) is 18.7. The molecule has 0 spiro atoms. The molecular formula is C53H52N4O6+2. The van der Waals surface area contributed by atoms with Gasteiger partial charge in [-0.3, -0.25) is 0 Å². The van der Waals surface area contributed by atoms with E-state index < -0.39 is 0 Å². The van der Waals surface area contributed by atoms with Gasteiger partial charge in [-0.05, 0) is 105 Å². The summed E-state index contributed by atoms with van der Waals surface area (Å²) >= 11 is 0. The molecule has 1 fully saturated rings. The predicted molar refractivity (Wildman–Crippen MR) is 250 cm³/mol. The van der Waals surface area contributed by atoms with Gasteiger partial charge in [0.05, 0.1) is 22.9 Å². The van der Waals surface area contributed by atoms with E-state index >= 15 is 0 Å². The Labute approximate surface area is 364 Å². The average Bonchev–Trinajstić information content (AvgIpc) is 3.29. The average molecular weight is 841 g/mol. The molecule has 1 saturated heterocycles. The van der Waals surface area contributed by atoms with Crippen LogP contribution in [0.15, 0.2) is 89.6 Å². The number of allylic oxidation sites excluding steroid dienone is 1. The second-order valence-corrected chi connectivity index (χ2v) is 18.7. The molecule has 0 saturated carbocycles. The molecule has 1 atom stereocenters. The van der Waals surface area contributed by atoms with Crippen molar-refractivity contribution in [3.63, 3.8) is 0 Å². The molecule has 0 amide bonds. The molecule has 10 nitrogen and oxygen atoms in total. The highest BCUT2D eigenvalue weighted by Gasteiger charge is 2.39. The summed E-state index contributed by atoms with van der Waals surface area (Å²) in [5, 5.41) is 5.31. The second kappa shape index (κ2) is 14.3. The van der Waals surface area contributed by atoms with Gasteiger partial charge in [-0.25, -0.2) is 18.7 Å². The quantitative estimate of drug-likeness (QED) is 0.0777. The third-order valence-electron chi connectivity index (χ3n) is 14.7. The van der Waals surface area contributed by atoms with Crippen molar-refractivity contribution >= 4 is 55.9 Å². The minimum absolute atomic E-state index is 0.292. The number of aryl methyl sites for hydroxylation is 2. The number of piperidine rings is 1. The lowest BCUT2D eigenvalue weighted by Gasteiger charge is -2.35. The Morgan fingerprint density at radius 2 is 1.54 bits per heavy atom. The zero-order valence-electron chi connectivity index (χ0n) is 36.6. The van der Waals surface area contributed by atoms with Crippen molar-refractivity contribution in [2.75, 3.05) is 56.1 Å². The van der Waals surface area contributed by atoms with E-state index in [4.69, 9.17) is 18.0 Å². The maximum Gasteiger partial charge on any atom is 0.347 e. The van der Waals surface area contributed by atoms with E-state index in [1.54, 1.807) is 0 Å². The van der Waals surface area contributed by atoms with Gasteiger partial charge >= 0.3 is 11.3 Å². The molecule has 10 heteroatoms. The summed E-state index contributed by atoms with van der Waals surface area (Å²) in [7, 11) is 2.09. The molecule has 0 radical (unpaired) electrons. The molecule has 0 N–H and O–H groups in total. The number of anilines is 2. The van der Waals surface area contributed by atoms with Crippen molar-refractivity contribution in [2.45, 2.75) is 77.7 Å². The van der Waals surface area contributed by atoms with Crippen LogP contribution >= 0.6 is 0 Å². The summed E-state index contributed by atoms with van der Waals surface area (Å²) in [6, 6.07) is 21.0. The first kappa shape index (κ1) is 38.3. The Balaban J connectivity index is 0.893. The van der Waals surface area contributed by atoms with Gasteiger partial charge in [0, 0.05) is 98.8 Å². The van der Waals surface area contributed by atoms with Crippen LogP contribution in [0.1, 0.15) is 81.5 Å². The number of fused-ring (bicyclic) bond motifs is 11. The van der Waals surface area contributed by atoms with Gasteiger partial charge in [-0.2, -0.15) is 0 Å². The smallest absolute Gasteiger partial charge is 0.347 e. The molecule has 3 aromatic carbocycles. The number of hydrogen-bond acceptors (Lipinski definition) is 8. The van der Waals surface area contributed by atoms with Crippen molar-refractivity contribution in [3.05, 3.63) is 126 Å². The fourth-order valence-electron chi connectivity index (χ4n) is 11.4. The van der Waals surface area contributed by atoms with E-state index in [2.05, 4.69) is 101 Å². The van der Waals surface area contributed by atoms with E-state index in [-0.39, 0.29) is 16.8 Å². The summed E-state index contributed by atoms with van der Waals surface area (Å²) in [5.74, 6) is 2.10. The minimum Gasteiger partial charge on any atom is -0.455 e. The van der Waals surface area contributed by atoms with Crippen molar-refractivity contribution < 1.29 is 18.0 Å². The lowest BCUT2D eigenvalue weighted by atomic mass is 9.87. The number of rotatable bonds is 4. The van der Waals surface area contributed by atoms with Crippen molar-refractivity contribution in [1.82, 2.24) is 9.15 Å². The van der Waals surface area contributed by atoms with E-state index in [1.807, 2.05) is 18.2 Å². The number of ether oxygens (including phenoxy) is 1. The van der Waals surface area contributed by atoms with E-state index in [1.165, 1.54) is 41.3 Å². The van der Waals surface area contributed by atoms with Gasteiger partial charge in [0.25, 0.3) is 0 Å². The summed E-state index contributed by atoms with van der Waals surface area (Å²) in [4.78, 5) is 31.7. The highest BCUT2D eigenvalue weighted by atomic mass is 16.5. The fraction of sp³-hybridized carbons (Fsp3) is 0.358. The standard InChI is InChI=1S/C53H52N4O6/c1-5-57-44-29-46-35(25-41-50(61-46)38-21-32-11-9-16-54(4)42(32)27-47(38)62-52(41)59)24-37(44)31(2)30-53(57,3)15-20-56-19-10-12-33-22-39-48(28-43(33)56)63-51(58)40-23-34-13-14-36(26-45(34)60-49(39)40)55-17-7-6-8-18-55/h13-14,21-30H,5-12,15-20H2,1-4H3/q+2. The monoisotopic (exact) mass is 840 g/mol. The largest absolute Gasteiger partial charge is 0.455 e. The number of likely N-dealkylation sites (N-methyl/N-ethyl adjacent to an activating group) is 1. The third kappa shape index (κ3) is 6.11. The normalized spacial score (nSPS) is 19.3. The molecule has 5 aromatic rings. The van der Waals surface area contributed by atoms with Crippen LogP contribution in [-0.4, -0.2) is 51.9 Å². The predicted octanol–water partition coefficient (Wildman–Crippen LogP) is 7.55. The molecule has 1 unspecified atom stereocenters. The molecular weight excluding hydrogens is 789 g/mol. The van der Waals surface area contributed by atoms with Crippen molar-refractivity contribution in [2.24, 2.45) is 0 Å². The maximum absolute atomic E-state index is 13.6. The first-order chi connectivity index (χ1) is 30.6. The zero-order chi connectivity index (χ0) is 42.7. The molecule has 318 valence electrons. The molecule has 12 rings (SSSR count). The minimum atomic E-state index is -0.387. The van der Waals surface area contributed by atoms with E-state index in [9.17, 15) is 9.59 Å². The molecule has 0 bridgehead atoms. The van der Waals surface area contributed by atoms with Gasteiger partial charge in [-0.1, -0.05) is 0 Å². The first-order valence-electron chi connectivity index (χ1n) is 23.0. The fourth-order valence-corrected chi connectivity index (χ4v) is 11.4. The van der Waals surface area contributed by atoms with Gasteiger partial charge in [0.15, 0.2) is 16.9 Å². The van der Waals surface area contributed by atoms with E-state index in [0.29, 0.717) is 33.4 Å². The third-order valence-corrected chi connectivity index (χ3v) is 14.7. The van der Waals surface area contributed by atoms with Crippen LogP contribution in [0.3, 0.4) is 0 Å². The summed E-state index contributed by atoms with van der Waals surface area (Å²) in [5.41, 5.74) is 9.04. The van der Waals surface area contributed by atoms with Gasteiger partial charge in [0.1, 0.15) is 53.3 Å². The topological polar surface area (TPSA) is 95.3 Å². The highest BCUT2D eigenvalue weighted by molar-refractivity contribution is 6.03. The van der Waals surface area contributed by atoms with Gasteiger partial charge < -0.3 is 27.8 Å². The SMILES string of the molecule is CC[N+]1=c2cc3c(cc2C(C)=CC1(C)CCN1CCCc2cc4c(cc21)oc(=O)c1cc2ccc(=[N+]5CCCCC5)cc-2oc14)=Cc1c(c2cc4c(cc2oc1=O)N(C)CCC4)O3. The Kier molecular flexibility index (Phi) is 8.69. The number of benzene rings is 4. The first-order valence-corrected chi connectivity index (χ1v) is 23.0. The van der Waals surface area contributed by atoms with E-state index in [0.717, 1.165) is 127 Å². The summed E-state index contributed by atoms with van der Waals surface area (Å²) in [6.07, 6.45) is 12.9. The summed E-state index contributed by atoms with van der Waals surface area (Å²) in [6.45, 7) is 12.4. The van der Waals surface area contributed by atoms with Crippen LogP contribution in [-0.2, 0) is 12.8 Å². The number of hydrogen-bond donors (Lipinski definition) is 0. The van der Waals surface area contributed by atoms with Crippen LogP contribution < -0.4 is 50.9 Å². The van der Waals surface area contributed by atoms with Crippen LogP contribution in [0, 0.1) is 0 Å². The lowest BCUT2D eigenvalue weighted by molar-refractivity contribution is 0.346. The van der Waals surface area contributed by atoms with Crippen LogP contribution in [0.4, 0.5) is 11.4 Å². The molecule has 2 aromatic heterocycles. The molecule has 1 aliphatic carbocycles. The molecule has 8 heterocycles. The number of nitrogens with zero attached hydrogens (tertiary/aromatic N) is 4. The van der Waals surface area contributed by atoms with Crippen LogP contribution in [0.5, 0.6) is 11.5 Å². The molecule has 6 aliphatic heterocycles. The Bertz CT molecular complexity index is 3460. The van der Waals surface area contributed by atoms with Crippen molar-refractivity contribution in [3.8, 4) is 22.8 Å². The zero-order valence-corrected chi connectivity index (χ0v) is 36.6. The van der Waals surface area contributed by atoms with Gasteiger partial charge in [0.2, 0.25) is 10.7 Å². The lowest BCUT2D eigenvalue weighted by Crippen LogP contribution is -2.52. The Morgan fingerprint density at radius 3 is 2.38 bits per heavy atom. The molecule has 63 heavy (non-hydrogen) atoms.